The molecule has 1 aliphatic heterocycles. The van der Waals surface area contributed by atoms with Crippen molar-refractivity contribution in [1.29, 1.82) is 0 Å². The van der Waals surface area contributed by atoms with E-state index >= 15 is 0 Å². The molecule has 18 heavy (non-hydrogen) atoms. The van der Waals surface area contributed by atoms with Gasteiger partial charge < -0.3 is 19.9 Å². The summed E-state index contributed by atoms with van der Waals surface area (Å²) < 4.78 is 10.3. The smallest absolute Gasteiger partial charge is 0.315 e. The third kappa shape index (κ3) is 4.37. The van der Waals surface area contributed by atoms with Crippen molar-refractivity contribution in [2.45, 2.75) is 38.3 Å². The van der Waals surface area contributed by atoms with Crippen LogP contribution < -0.4 is 10.6 Å². The van der Waals surface area contributed by atoms with Crippen molar-refractivity contribution in [2.24, 2.45) is 0 Å². The fraction of sp³-hybridized carbons (Fsp3) is 0.667. The molecule has 2 heterocycles. The minimum atomic E-state index is -0.186. The summed E-state index contributed by atoms with van der Waals surface area (Å²) in [7, 11) is 0. The number of urea groups is 1. The van der Waals surface area contributed by atoms with Gasteiger partial charge in [-0.1, -0.05) is 5.16 Å². The summed E-state index contributed by atoms with van der Waals surface area (Å²) in [6, 6.07) is 1.53. The van der Waals surface area contributed by atoms with Crippen LogP contribution in [0.25, 0.3) is 0 Å². The third-order valence-electron chi connectivity index (χ3n) is 2.95. The maximum absolute atomic E-state index is 11.5. The molecule has 1 atom stereocenters. The summed E-state index contributed by atoms with van der Waals surface area (Å²) >= 11 is 0. The van der Waals surface area contributed by atoms with E-state index in [2.05, 4.69) is 20.3 Å². The van der Waals surface area contributed by atoms with Crippen molar-refractivity contribution in [3.8, 4) is 0 Å². The van der Waals surface area contributed by atoms with E-state index in [1.165, 1.54) is 12.7 Å². The molecule has 6 nitrogen and oxygen atoms in total. The predicted molar refractivity (Wildman–Crippen MR) is 64.9 cm³/mol. The average Bonchev–Trinajstić information content (AvgIpc) is 2.91. The number of nitrogens with one attached hydrogen (secondary N) is 2. The molecule has 0 radical (unpaired) electrons. The number of nitrogens with zero attached hydrogens (tertiary/aromatic N) is 1. The lowest BCUT2D eigenvalue weighted by molar-refractivity contribution is 0.0120. The van der Waals surface area contributed by atoms with Gasteiger partial charge in [-0.3, -0.25) is 0 Å². The molecule has 1 aromatic rings. The molecule has 0 bridgehead atoms. The topological polar surface area (TPSA) is 76.4 Å². The van der Waals surface area contributed by atoms with Crippen LogP contribution >= 0.6 is 0 Å². The SMILES string of the molecule is O=C(NCC[C@@H]1CCCCO1)NCc1ccon1. The summed E-state index contributed by atoms with van der Waals surface area (Å²) in [5, 5.41) is 9.22. The maximum atomic E-state index is 11.5. The first-order valence-electron chi connectivity index (χ1n) is 6.37. The summed E-state index contributed by atoms with van der Waals surface area (Å²) in [5.41, 5.74) is 0.709. The Morgan fingerprint density at radius 2 is 2.39 bits per heavy atom. The highest BCUT2D eigenvalue weighted by Crippen LogP contribution is 2.14. The van der Waals surface area contributed by atoms with Crippen LogP contribution in [0.3, 0.4) is 0 Å². The van der Waals surface area contributed by atoms with Crippen LogP contribution in [-0.4, -0.2) is 30.4 Å². The Morgan fingerprint density at radius 1 is 1.44 bits per heavy atom. The molecule has 1 fully saturated rings. The summed E-state index contributed by atoms with van der Waals surface area (Å²) in [6.07, 6.45) is 6.13. The van der Waals surface area contributed by atoms with Gasteiger partial charge in [-0.25, -0.2) is 4.79 Å². The Labute approximate surface area is 106 Å². The number of carbonyl (C=O) groups excluding carboxylic acids is 1. The second-order valence-corrected chi connectivity index (χ2v) is 4.38. The Morgan fingerprint density at radius 3 is 3.11 bits per heavy atom. The number of aromatic nitrogens is 1. The van der Waals surface area contributed by atoms with Gasteiger partial charge in [0.1, 0.15) is 12.0 Å². The summed E-state index contributed by atoms with van der Waals surface area (Å²) in [4.78, 5) is 11.5. The van der Waals surface area contributed by atoms with E-state index in [0.29, 0.717) is 24.9 Å². The second-order valence-electron chi connectivity index (χ2n) is 4.38. The quantitative estimate of drug-likeness (QED) is 0.832. The van der Waals surface area contributed by atoms with Crippen molar-refractivity contribution < 1.29 is 14.1 Å². The zero-order valence-corrected chi connectivity index (χ0v) is 10.4. The van der Waals surface area contributed by atoms with Crippen LogP contribution in [0.2, 0.25) is 0 Å². The van der Waals surface area contributed by atoms with Gasteiger partial charge in [0, 0.05) is 19.2 Å². The number of hydrogen-bond acceptors (Lipinski definition) is 4. The minimum absolute atomic E-state index is 0.186. The molecule has 0 spiro atoms. The van der Waals surface area contributed by atoms with E-state index < -0.39 is 0 Å². The van der Waals surface area contributed by atoms with E-state index in [9.17, 15) is 4.79 Å². The zero-order valence-electron chi connectivity index (χ0n) is 10.4. The maximum Gasteiger partial charge on any atom is 0.315 e. The second kappa shape index (κ2) is 7.00. The Bertz CT molecular complexity index is 347. The van der Waals surface area contributed by atoms with Gasteiger partial charge >= 0.3 is 6.03 Å². The third-order valence-corrected chi connectivity index (χ3v) is 2.95. The number of ether oxygens (including phenoxy) is 1. The normalized spacial score (nSPS) is 19.4. The van der Waals surface area contributed by atoms with Gasteiger partial charge in [0.2, 0.25) is 0 Å². The fourth-order valence-corrected chi connectivity index (χ4v) is 1.94. The first-order valence-corrected chi connectivity index (χ1v) is 6.37. The number of hydrogen-bond donors (Lipinski definition) is 2. The molecular formula is C12H19N3O3. The molecule has 2 amide bonds. The van der Waals surface area contributed by atoms with Crippen molar-refractivity contribution in [3.05, 3.63) is 18.0 Å². The van der Waals surface area contributed by atoms with E-state index in [0.717, 1.165) is 25.9 Å². The van der Waals surface area contributed by atoms with Crippen LogP contribution in [-0.2, 0) is 11.3 Å². The van der Waals surface area contributed by atoms with Crippen LogP contribution in [0.15, 0.2) is 16.9 Å². The molecular weight excluding hydrogens is 234 g/mol. The van der Waals surface area contributed by atoms with Gasteiger partial charge in [-0.15, -0.1) is 0 Å². The average molecular weight is 253 g/mol. The van der Waals surface area contributed by atoms with Gasteiger partial charge in [0.15, 0.2) is 0 Å². The first-order chi connectivity index (χ1) is 8.84. The molecule has 0 saturated carbocycles. The van der Waals surface area contributed by atoms with E-state index in [1.54, 1.807) is 6.07 Å². The first kappa shape index (κ1) is 12.9. The van der Waals surface area contributed by atoms with Gasteiger partial charge in [-0.2, -0.15) is 0 Å². The molecule has 2 rings (SSSR count). The molecule has 0 unspecified atom stereocenters. The molecule has 2 N–H and O–H groups in total. The van der Waals surface area contributed by atoms with Crippen LogP contribution in [0.4, 0.5) is 4.79 Å². The Hall–Kier alpha value is -1.56. The monoisotopic (exact) mass is 253 g/mol. The summed E-state index contributed by atoms with van der Waals surface area (Å²) in [6.45, 7) is 1.86. The molecule has 1 saturated heterocycles. The molecule has 1 aliphatic rings. The number of rotatable bonds is 5. The largest absolute Gasteiger partial charge is 0.378 e. The predicted octanol–water partition coefficient (Wildman–Crippen LogP) is 1.43. The molecule has 6 heteroatoms. The van der Waals surface area contributed by atoms with Crippen LogP contribution in [0.5, 0.6) is 0 Å². The van der Waals surface area contributed by atoms with Crippen LogP contribution in [0, 0.1) is 0 Å². The minimum Gasteiger partial charge on any atom is -0.378 e. The van der Waals surface area contributed by atoms with Crippen LogP contribution in [0.1, 0.15) is 31.4 Å². The van der Waals surface area contributed by atoms with Crippen molar-refractivity contribution >= 4 is 6.03 Å². The number of amides is 2. The molecule has 1 aromatic heterocycles. The van der Waals surface area contributed by atoms with E-state index in [-0.39, 0.29) is 6.03 Å². The van der Waals surface area contributed by atoms with Crippen molar-refractivity contribution in [3.63, 3.8) is 0 Å². The van der Waals surface area contributed by atoms with Gasteiger partial charge in [0.25, 0.3) is 0 Å². The van der Waals surface area contributed by atoms with E-state index in [1.807, 2.05) is 0 Å². The molecule has 0 aromatic carbocycles. The number of carbonyl (C=O) groups is 1. The highest BCUT2D eigenvalue weighted by molar-refractivity contribution is 5.73. The van der Waals surface area contributed by atoms with Gasteiger partial charge in [-0.05, 0) is 25.7 Å². The highest BCUT2D eigenvalue weighted by atomic mass is 16.5. The lowest BCUT2D eigenvalue weighted by Crippen LogP contribution is -2.37. The lowest BCUT2D eigenvalue weighted by atomic mass is 10.1. The molecule has 0 aliphatic carbocycles. The Balaban J connectivity index is 1.54. The highest BCUT2D eigenvalue weighted by Gasteiger charge is 2.13. The standard InChI is InChI=1S/C12H19N3O3/c16-12(14-9-10-5-8-18-15-10)13-6-4-11-3-1-2-7-17-11/h5,8,11H,1-4,6-7,9H2,(H2,13,14,16)/t11-/m0/s1. The van der Waals surface area contributed by atoms with E-state index in [4.69, 9.17) is 4.74 Å². The van der Waals surface area contributed by atoms with Gasteiger partial charge in [0.05, 0.1) is 12.6 Å². The Kier molecular flexibility index (Phi) is 5.01. The van der Waals surface area contributed by atoms with Crippen molar-refractivity contribution in [1.82, 2.24) is 15.8 Å². The lowest BCUT2D eigenvalue weighted by Gasteiger charge is -2.22. The fourth-order valence-electron chi connectivity index (χ4n) is 1.94. The molecule has 100 valence electrons. The zero-order chi connectivity index (χ0) is 12.6. The summed E-state index contributed by atoms with van der Waals surface area (Å²) in [5.74, 6) is 0. The van der Waals surface area contributed by atoms with Crippen molar-refractivity contribution in [2.75, 3.05) is 13.2 Å².